The Morgan fingerprint density at radius 3 is 2.30 bits per heavy atom. The highest BCUT2D eigenvalue weighted by atomic mass is 32.2. The molecule has 0 radical (unpaired) electrons. The van der Waals surface area contributed by atoms with Crippen molar-refractivity contribution in [1.29, 1.82) is 10.5 Å². The van der Waals surface area contributed by atoms with Gasteiger partial charge in [-0.1, -0.05) is 29.4 Å². The molecule has 0 bridgehead atoms. The largest absolute Gasteiger partial charge is 0.305 e. The molecular formula is C23H19N5O3S2. The SMILES string of the molecule is C#CCn1c(=NC(=O)c2ccc(S(=O)(=O)N(CCC#N)CCC#N)cc2)sc2ccccc21. The Morgan fingerprint density at radius 1 is 1.06 bits per heavy atom. The zero-order valence-electron chi connectivity index (χ0n) is 17.5. The maximum Gasteiger partial charge on any atom is 0.279 e. The van der Waals surface area contributed by atoms with Crippen molar-refractivity contribution in [2.24, 2.45) is 4.99 Å². The summed E-state index contributed by atoms with van der Waals surface area (Å²) in [4.78, 5) is 17.4. The Labute approximate surface area is 195 Å². The molecule has 0 spiro atoms. The predicted octanol–water partition coefficient (Wildman–Crippen LogP) is 2.90. The second-order valence-corrected chi connectivity index (χ2v) is 9.75. The van der Waals surface area contributed by atoms with Crippen LogP contribution >= 0.6 is 11.3 Å². The molecular weight excluding hydrogens is 458 g/mol. The van der Waals surface area contributed by atoms with Crippen molar-refractivity contribution >= 4 is 37.5 Å². The number of nitrogens with zero attached hydrogens (tertiary/aromatic N) is 5. The van der Waals surface area contributed by atoms with Crippen molar-refractivity contribution in [3.05, 3.63) is 58.9 Å². The van der Waals surface area contributed by atoms with Crippen LogP contribution in [0.5, 0.6) is 0 Å². The van der Waals surface area contributed by atoms with Gasteiger partial charge in [-0.2, -0.15) is 19.8 Å². The van der Waals surface area contributed by atoms with Crippen molar-refractivity contribution < 1.29 is 13.2 Å². The third kappa shape index (κ3) is 5.36. The van der Waals surface area contributed by atoms with E-state index in [1.165, 1.54) is 35.6 Å². The Balaban J connectivity index is 1.91. The highest BCUT2D eigenvalue weighted by molar-refractivity contribution is 7.89. The number of thiazole rings is 1. The third-order valence-corrected chi connectivity index (χ3v) is 7.69. The molecule has 3 rings (SSSR count). The fraction of sp³-hybridized carbons (Fsp3) is 0.217. The van der Waals surface area contributed by atoms with Gasteiger partial charge in [0.15, 0.2) is 4.80 Å². The molecule has 0 aliphatic rings. The number of rotatable bonds is 8. The van der Waals surface area contributed by atoms with Crippen LogP contribution in [0.15, 0.2) is 58.4 Å². The second kappa shape index (κ2) is 10.7. The lowest BCUT2D eigenvalue weighted by Gasteiger charge is -2.20. The topological polar surface area (TPSA) is 119 Å². The molecule has 0 fully saturated rings. The van der Waals surface area contributed by atoms with Gasteiger partial charge >= 0.3 is 0 Å². The zero-order valence-corrected chi connectivity index (χ0v) is 19.1. The average Bonchev–Trinajstić information content (AvgIpc) is 3.16. The van der Waals surface area contributed by atoms with E-state index in [2.05, 4.69) is 10.9 Å². The molecule has 0 saturated carbocycles. The first-order valence-corrected chi connectivity index (χ1v) is 12.1. The fourth-order valence-corrected chi connectivity index (χ4v) is 5.59. The van der Waals surface area contributed by atoms with Gasteiger partial charge in [-0.3, -0.25) is 4.79 Å². The van der Waals surface area contributed by atoms with Crippen LogP contribution in [0.25, 0.3) is 10.2 Å². The van der Waals surface area contributed by atoms with Crippen LogP contribution in [-0.4, -0.2) is 36.3 Å². The Hall–Kier alpha value is -3.75. The zero-order chi connectivity index (χ0) is 23.8. The Kier molecular flexibility index (Phi) is 7.76. The van der Waals surface area contributed by atoms with Crippen molar-refractivity contribution in [2.75, 3.05) is 13.1 Å². The van der Waals surface area contributed by atoms with Gasteiger partial charge in [-0.05, 0) is 36.4 Å². The number of amides is 1. The number of carbonyl (C=O) groups is 1. The fourth-order valence-electron chi connectivity index (χ4n) is 3.12. The predicted molar refractivity (Wildman–Crippen MR) is 124 cm³/mol. The molecule has 0 saturated heterocycles. The molecule has 0 unspecified atom stereocenters. The average molecular weight is 478 g/mol. The second-order valence-electron chi connectivity index (χ2n) is 6.80. The smallest absolute Gasteiger partial charge is 0.279 e. The number of hydrogen-bond acceptors (Lipinski definition) is 6. The van der Waals surface area contributed by atoms with E-state index < -0.39 is 15.9 Å². The van der Waals surface area contributed by atoms with Crippen LogP contribution in [0.3, 0.4) is 0 Å². The molecule has 1 amide bonds. The van der Waals surface area contributed by atoms with Gasteiger partial charge in [0.05, 0.1) is 33.8 Å². The first-order valence-electron chi connectivity index (χ1n) is 9.87. The Morgan fingerprint density at radius 2 is 1.70 bits per heavy atom. The molecule has 1 heterocycles. The first-order chi connectivity index (χ1) is 15.9. The van der Waals surface area contributed by atoms with E-state index in [-0.39, 0.29) is 42.9 Å². The van der Waals surface area contributed by atoms with E-state index in [1.54, 1.807) is 4.57 Å². The maximum absolute atomic E-state index is 12.9. The van der Waals surface area contributed by atoms with Crippen LogP contribution < -0.4 is 4.80 Å². The maximum atomic E-state index is 12.9. The van der Waals surface area contributed by atoms with E-state index in [0.29, 0.717) is 4.80 Å². The summed E-state index contributed by atoms with van der Waals surface area (Å²) >= 11 is 1.34. The molecule has 0 aliphatic heterocycles. The Bertz CT molecular complexity index is 1450. The summed E-state index contributed by atoms with van der Waals surface area (Å²) in [5, 5.41) is 17.6. The minimum atomic E-state index is -3.91. The minimum Gasteiger partial charge on any atom is -0.305 e. The molecule has 2 aromatic carbocycles. The molecule has 8 nitrogen and oxygen atoms in total. The summed E-state index contributed by atoms with van der Waals surface area (Å²) in [6.45, 7) is 0.226. The van der Waals surface area contributed by atoms with Crippen LogP contribution in [0.4, 0.5) is 0 Å². The lowest BCUT2D eigenvalue weighted by molar-refractivity contribution is 0.0998. The summed E-state index contributed by atoms with van der Waals surface area (Å²) in [6, 6.07) is 16.8. The molecule has 166 valence electrons. The number of nitriles is 2. The van der Waals surface area contributed by atoms with E-state index in [4.69, 9.17) is 16.9 Å². The van der Waals surface area contributed by atoms with E-state index in [9.17, 15) is 13.2 Å². The molecule has 10 heteroatoms. The highest BCUT2D eigenvalue weighted by Gasteiger charge is 2.24. The summed E-state index contributed by atoms with van der Waals surface area (Å²) < 4.78 is 29.6. The van der Waals surface area contributed by atoms with Gasteiger partial charge in [0.1, 0.15) is 0 Å². The van der Waals surface area contributed by atoms with Gasteiger partial charge in [0.2, 0.25) is 10.0 Å². The number of fused-ring (bicyclic) bond motifs is 1. The van der Waals surface area contributed by atoms with E-state index >= 15 is 0 Å². The quantitative estimate of drug-likeness (QED) is 0.462. The number of carbonyl (C=O) groups excluding carboxylic acids is 1. The number of terminal acetylenes is 1. The van der Waals surface area contributed by atoms with Crippen molar-refractivity contribution in [3.8, 4) is 24.5 Å². The van der Waals surface area contributed by atoms with Gasteiger partial charge in [-0.15, -0.1) is 6.42 Å². The summed E-state index contributed by atoms with van der Waals surface area (Å²) in [7, 11) is -3.91. The van der Waals surface area contributed by atoms with Gasteiger partial charge < -0.3 is 4.57 Å². The lowest BCUT2D eigenvalue weighted by Crippen LogP contribution is -2.32. The lowest BCUT2D eigenvalue weighted by atomic mass is 10.2. The molecule has 0 atom stereocenters. The van der Waals surface area contributed by atoms with Gasteiger partial charge in [0.25, 0.3) is 5.91 Å². The number of hydrogen-bond donors (Lipinski definition) is 0. The number of aromatic nitrogens is 1. The van der Waals surface area contributed by atoms with Crippen LogP contribution in [0, 0.1) is 35.0 Å². The summed E-state index contributed by atoms with van der Waals surface area (Å²) in [6.07, 6.45) is 5.49. The number of para-hydroxylation sites is 1. The van der Waals surface area contributed by atoms with Crippen molar-refractivity contribution in [1.82, 2.24) is 8.87 Å². The first kappa shape index (κ1) is 23.9. The summed E-state index contributed by atoms with van der Waals surface area (Å²) in [5.41, 5.74) is 1.10. The van der Waals surface area contributed by atoms with Crippen LogP contribution in [0.1, 0.15) is 23.2 Å². The minimum absolute atomic E-state index is 0.00688. The molecule has 3 aromatic rings. The molecule has 0 aliphatic carbocycles. The normalized spacial score (nSPS) is 11.8. The van der Waals surface area contributed by atoms with Crippen LogP contribution in [-0.2, 0) is 16.6 Å². The van der Waals surface area contributed by atoms with Crippen LogP contribution in [0.2, 0.25) is 0 Å². The van der Waals surface area contributed by atoms with E-state index in [1.807, 2.05) is 36.4 Å². The number of sulfonamides is 1. The number of benzene rings is 2. The third-order valence-electron chi connectivity index (χ3n) is 4.72. The summed E-state index contributed by atoms with van der Waals surface area (Å²) in [5.74, 6) is 2.04. The standard InChI is InChI=1S/C23H19N5O3S2/c1-2-15-28-20-7-3-4-8-21(20)32-23(28)26-22(29)18-9-11-19(12-10-18)33(30,31)27(16-5-13-24)17-6-14-25/h1,3-4,7-12H,5-6,15-17H2. The molecule has 0 N–H and O–H groups in total. The van der Waals surface area contributed by atoms with E-state index in [0.717, 1.165) is 14.5 Å². The monoisotopic (exact) mass is 477 g/mol. The van der Waals surface area contributed by atoms with Gasteiger partial charge in [-0.25, -0.2) is 8.42 Å². The highest BCUT2D eigenvalue weighted by Crippen LogP contribution is 2.19. The molecule has 33 heavy (non-hydrogen) atoms. The molecule has 1 aromatic heterocycles. The van der Waals surface area contributed by atoms with Crippen molar-refractivity contribution in [3.63, 3.8) is 0 Å². The van der Waals surface area contributed by atoms with Gasteiger partial charge in [0, 0.05) is 31.5 Å². The van der Waals surface area contributed by atoms with Crippen molar-refractivity contribution in [2.45, 2.75) is 24.3 Å².